The maximum atomic E-state index is 12.3. The Kier molecular flexibility index (Phi) is 4.89. The number of carbonyl (C=O) groups excluding carboxylic acids is 1. The van der Waals surface area contributed by atoms with Gasteiger partial charge in [-0.2, -0.15) is 0 Å². The maximum absolute atomic E-state index is 12.3. The number of benzene rings is 2. The number of para-hydroxylation sites is 1. The molecule has 0 aliphatic heterocycles. The van der Waals surface area contributed by atoms with Crippen LogP contribution in [0.2, 0.25) is 0 Å². The number of aryl methyl sites for hydroxylation is 1. The molecule has 27 heavy (non-hydrogen) atoms. The predicted molar refractivity (Wildman–Crippen MR) is 95.7 cm³/mol. The average Bonchev–Trinajstić information content (AvgIpc) is 2.65. The molecule has 0 aliphatic rings. The van der Waals surface area contributed by atoms with E-state index in [1.165, 1.54) is 36.4 Å². The Morgan fingerprint density at radius 1 is 1.22 bits per heavy atom. The average molecular weight is 369 g/mol. The molecule has 0 unspecified atom stereocenters. The van der Waals surface area contributed by atoms with E-state index in [1.807, 2.05) is 6.92 Å². The highest BCUT2D eigenvalue weighted by atomic mass is 16.6. The van der Waals surface area contributed by atoms with Crippen LogP contribution in [0.25, 0.3) is 11.0 Å². The van der Waals surface area contributed by atoms with Crippen molar-refractivity contribution in [2.75, 3.05) is 0 Å². The van der Waals surface area contributed by atoms with Crippen molar-refractivity contribution in [3.05, 3.63) is 79.7 Å². The molecular weight excluding hydrogens is 354 g/mol. The quantitative estimate of drug-likeness (QED) is 0.317. The Balaban J connectivity index is 1.94. The van der Waals surface area contributed by atoms with Gasteiger partial charge in [-0.15, -0.1) is 0 Å². The summed E-state index contributed by atoms with van der Waals surface area (Å²) < 4.78 is 10.3. The van der Waals surface area contributed by atoms with E-state index in [9.17, 15) is 24.8 Å². The van der Waals surface area contributed by atoms with Crippen molar-refractivity contribution in [1.82, 2.24) is 0 Å². The molecule has 0 aliphatic carbocycles. The number of fused-ring (bicyclic) bond motifs is 1. The van der Waals surface area contributed by atoms with Gasteiger partial charge in [0.05, 0.1) is 4.92 Å². The maximum Gasteiger partial charge on any atom is 0.345 e. The van der Waals surface area contributed by atoms with Crippen LogP contribution in [0.1, 0.15) is 28.4 Å². The molecule has 1 aromatic heterocycles. The van der Waals surface area contributed by atoms with Gasteiger partial charge in [0.1, 0.15) is 23.5 Å². The number of phenols is 1. The topological polar surface area (TPSA) is 120 Å². The lowest BCUT2D eigenvalue weighted by molar-refractivity contribution is -0.385. The van der Waals surface area contributed by atoms with Crippen molar-refractivity contribution >= 4 is 22.6 Å². The highest BCUT2D eigenvalue weighted by Gasteiger charge is 2.21. The van der Waals surface area contributed by atoms with E-state index in [2.05, 4.69) is 0 Å². The van der Waals surface area contributed by atoms with Crippen molar-refractivity contribution < 1.29 is 24.0 Å². The lowest BCUT2D eigenvalue weighted by Crippen LogP contribution is -2.10. The minimum Gasteiger partial charge on any atom is -0.508 e. The molecule has 0 saturated heterocycles. The smallest absolute Gasteiger partial charge is 0.345 e. The highest BCUT2D eigenvalue weighted by molar-refractivity contribution is 5.94. The Hall–Kier alpha value is -3.68. The number of nitro groups is 1. The van der Waals surface area contributed by atoms with Gasteiger partial charge < -0.3 is 14.3 Å². The first kappa shape index (κ1) is 18.1. The summed E-state index contributed by atoms with van der Waals surface area (Å²) in [5.74, 6) is -0.875. The third-order valence-corrected chi connectivity index (χ3v) is 4.09. The molecule has 0 amide bonds. The van der Waals surface area contributed by atoms with Gasteiger partial charge in [-0.1, -0.05) is 19.1 Å². The molecule has 8 heteroatoms. The van der Waals surface area contributed by atoms with Crippen LogP contribution in [0.15, 0.2) is 51.7 Å². The zero-order valence-corrected chi connectivity index (χ0v) is 14.3. The number of phenolic OH excluding ortho intramolecular Hbond substituents is 1. The molecule has 3 aromatic rings. The number of rotatable bonds is 5. The Labute approximate surface area is 152 Å². The molecule has 8 nitrogen and oxygen atoms in total. The summed E-state index contributed by atoms with van der Waals surface area (Å²) in [4.78, 5) is 34.4. The lowest BCUT2D eigenvalue weighted by Gasteiger charge is -2.09. The van der Waals surface area contributed by atoms with Gasteiger partial charge >= 0.3 is 11.6 Å². The highest BCUT2D eigenvalue weighted by Crippen LogP contribution is 2.27. The van der Waals surface area contributed by atoms with E-state index in [0.29, 0.717) is 22.9 Å². The number of nitro benzene ring substituents is 1. The first-order chi connectivity index (χ1) is 12.9. The summed E-state index contributed by atoms with van der Waals surface area (Å²) in [5.41, 5.74) is -0.0258. The van der Waals surface area contributed by atoms with E-state index in [-0.39, 0.29) is 29.2 Å². The molecule has 0 atom stereocenters. The van der Waals surface area contributed by atoms with E-state index >= 15 is 0 Å². The molecule has 0 spiro atoms. The monoisotopic (exact) mass is 369 g/mol. The van der Waals surface area contributed by atoms with Crippen molar-refractivity contribution in [2.45, 2.75) is 20.0 Å². The molecule has 0 bridgehead atoms. The first-order valence-corrected chi connectivity index (χ1v) is 8.10. The number of hydrogen-bond acceptors (Lipinski definition) is 7. The second kappa shape index (κ2) is 7.28. The molecule has 1 heterocycles. The van der Waals surface area contributed by atoms with Gasteiger partial charge in [0, 0.05) is 29.1 Å². The van der Waals surface area contributed by atoms with Crippen molar-refractivity contribution in [3.63, 3.8) is 0 Å². The molecule has 0 saturated carbocycles. The fourth-order valence-corrected chi connectivity index (χ4v) is 2.74. The van der Waals surface area contributed by atoms with Crippen molar-refractivity contribution in [2.24, 2.45) is 0 Å². The number of esters is 1. The Bertz CT molecular complexity index is 1100. The standard InChI is InChI=1S/C19H15NO7/c1-2-11-7-14-12(8-18(22)27-17(14)9-16(11)21)10-26-19(23)13-5-3-4-6-15(13)20(24)25/h3-9,21H,2,10H2,1H3. The molecule has 0 radical (unpaired) electrons. The Morgan fingerprint density at radius 3 is 2.67 bits per heavy atom. The third kappa shape index (κ3) is 3.64. The van der Waals surface area contributed by atoms with Gasteiger partial charge in [-0.05, 0) is 24.1 Å². The van der Waals surface area contributed by atoms with Crippen LogP contribution < -0.4 is 5.63 Å². The van der Waals surface area contributed by atoms with E-state index in [1.54, 1.807) is 6.07 Å². The number of nitrogens with zero attached hydrogens (tertiary/aromatic N) is 1. The lowest BCUT2D eigenvalue weighted by atomic mass is 10.0. The van der Waals surface area contributed by atoms with Gasteiger partial charge in [-0.3, -0.25) is 10.1 Å². The molecule has 3 rings (SSSR count). The SMILES string of the molecule is CCc1cc2c(COC(=O)c3ccccc3[N+](=O)[O-])cc(=O)oc2cc1O. The molecule has 1 N–H and O–H groups in total. The van der Waals surface area contributed by atoms with Gasteiger partial charge in [0.2, 0.25) is 0 Å². The van der Waals surface area contributed by atoms with Gasteiger partial charge in [0.25, 0.3) is 5.69 Å². The van der Waals surface area contributed by atoms with Crippen molar-refractivity contribution in [1.29, 1.82) is 0 Å². The summed E-state index contributed by atoms with van der Waals surface area (Å²) in [6, 6.07) is 9.62. The minimum atomic E-state index is -0.877. The van der Waals surface area contributed by atoms with E-state index < -0.39 is 16.5 Å². The number of hydrogen-bond donors (Lipinski definition) is 1. The van der Waals surface area contributed by atoms with Crippen LogP contribution in [0.5, 0.6) is 5.75 Å². The summed E-state index contributed by atoms with van der Waals surface area (Å²) in [6.45, 7) is 1.58. The number of aromatic hydroxyl groups is 1. The van der Waals surface area contributed by atoms with E-state index in [0.717, 1.165) is 0 Å². The summed E-state index contributed by atoms with van der Waals surface area (Å²) in [7, 11) is 0. The van der Waals surface area contributed by atoms with Crippen LogP contribution in [0.4, 0.5) is 5.69 Å². The summed E-state index contributed by atoms with van der Waals surface area (Å²) in [5, 5.41) is 21.5. The van der Waals surface area contributed by atoms with Crippen LogP contribution in [0.3, 0.4) is 0 Å². The second-order valence-electron chi connectivity index (χ2n) is 5.77. The summed E-state index contributed by atoms with van der Waals surface area (Å²) in [6.07, 6.45) is 0.552. The van der Waals surface area contributed by atoms with Crippen LogP contribution >= 0.6 is 0 Å². The molecule has 2 aromatic carbocycles. The van der Waals surface area contributed by atoms with Gasteiger partial charge in [-0.25, -0.2) is 9.59 Å². The molecular formula is C19H15NO7. The normalized spacial score (nSPS) is 10.7. The molecule has 138 valence electrons. The van der Waals surface area contributed by atoms with Gasteiger partial charge in [0.15, 0.2) is 0 Å². The minimum absolute atomic E-state index is 0.00204. The van der Waals surface area contributed by atoms with Crippen LogP contribution in [-0.4, -0.2) is 16.0 Å². The summed E-state index contributed by atoms with van der Waals surface area (Å²) >= 11 is 0. The van der Waals surface area contributed by atoms with Crippen LogP contribution in [0, 0.1) is 10.1 Å². The van der Waals surface area contributed by atoms with E-state index in [4.69, 9.17) is 9.15 Å². The predicted octanol–water partition coefficient (Wildman–Crippen LogP) is 3.33. The Morgan fingerprint density at radius 2 is 1.96 bits per heavy atom. The zero-order valence-electron chi connectivity index (χ0n) is 14.3. The second-order valence-corrected chi connectivity index (χ2v) is 5.77. The van der Waals surface area contributed by atoms with Crippen molar-refractivity contribution in [3.8, 4) is 5.75 Å². The third-order valence-electron chi connectivity index (χ3n) is 4.09. The fraction of sp³-hybridized carbons (Fsp3) is 0.158. The largest absolute Gasteiger partial charge is 0.508 e. The zero-order chi connectivity index (χ0) is 19.6. The fourth-order valence-electron chi connectivity index (χ4n) is 2.74. The number of ether oxygens (including phenoxy) is 1. The first-order valence-electron chi connectivity index (χ1n) is 8.10. The molecule has 0 fully saturated rings. The number of carbonyl (C=O) groups is 1. The van der Waals surface area contributed by atoms with Crippen LogP contribution in [-0.2, 0) is 17.8 Å².